The minimum atomic E-state index is -0.943. The second-order valence-electron chi connectivity index (χ2n) is 4.43. The molecule has 0 radical (unpaired) electrons. The lowest BCUT2D eigenvalue weighted by Crippen LogP contribution is -2.40. The second kappa shape index (κ2) is 5.17. The van der Waals surface area contributed by atoms with Crippen molar-refractivity contribution in [3.8, 4) is 0 Å². The Balaban J connectivity index is 2.34. The topological polar surface area (TPSA) is 53.4 Å². The summed E-state index contributed by atoms with van der Waals surface area (Å²) in [6, 6.07) is 4.12. The van der Waals surface area contributed by atoms with Gasteiger partial charge in [0, 0.05) is 18.8 Å². The molecule has 1 aromatic heterocycles. The summed E-state index contributed by atoms with van der Waals surface area (Å²) in [7, 11) is 0. The number of carboxylic acids is 1. The van der Waals surface area contributed by atoms with Crippen molar-refractivity contribution in [1.29, 1.82) is 0 Å². The summed E-state index contributed by atoms with van der Waals surface area (Å²) in [5, 5.41) is 9.17. The van der Waals surface area contributed by atoms with Gasteiger partial charge in [-0.15, -0.1) is 0 Å². The fourth-order valence-electron chi connectivity index (χ4n) is 2.54. The molecule has 0 amide bonds. The first-order valence-electron chi connectivity index (χ1n) is 6.19. The summed E-state index contributed by atoms with van der Waals surface area (Å²) in [5.74, 6) is -0.943. The van der Waals surface area contributed by atoms with Gasteiger partial charge in [-0.2, -0.15) is 0 Å². The summed E-state index contributed by atoms with van der Waals surface area (Å²) >= 11 is 0. The Morgan fingerprint density at radius 2 is 2.41 bits per heavy atom. The molecule has 4 nitrogen and oxygen atoms in total. The Morgan fingerprint density at radius 1 is 1.59 bits per heavy atom. The summed E-state index contributed by atoms with van der Waals surface area (Å²) < 4.78 is 0. The molecular weight excluding hydrogens is 216 g/mol. The molecule has 17 heavy (non-hydrogen) atoms. The zero-order valence-electron chi connectivity index (χ0n) is 10.1. The number of aromatic carboxylic acids is 1. The number of anilines is 1. The van der Waals surface area contributed by atoms with Crippen LogP contribution in [-0.2, 0) is 0 Å². The van der Waals surface area contributed by atoms with E-state index in [2.05, 4.69) is 16.8 Å². The minimum absolute atomic E-state index is 0.174. The van der Waals surface area contributed by atoms with Gasteiger partial charge in [0.2, 0.25) is 0 Å². The first-order valence-corrected chi connectivity index (χ1v) is 6.19. The number of pyridine rings is 1. The third-order valence-corrected chi connectivity index (χ3v) is 3.40. The normalized spacial score (nSPS) is 20.3. The molecule has 1 aliphatic rings. The first kappa shape index (κ1) is 11.9. The number of hydrogen-bond donors (Lipinski definition) is 1. The zero-order chi connectivity index (χ0) is 12.3. The van der Waals surface area contributed by atoms with E-state index >= 15 is 0 Å². The Hall–Kier alpha value is -1.58. The van der Waals surface area contributed by atoms with Crippen LogP contribution in [0.4, 0.5) is 5.69 Å². The number of carbonyl (C=O) groups is 1. The summed E-state index contributed by atoms with van der Waals surface area (Å²) in [6.07, 6.45) is 6.10. The van der Waals surface area contributed by atoms with Crippen LogP contribution in [0.2, 0.25) is 0 Å². The standard InChI is InChI=1S/C13H18N2O2/c1-2-10-6-3-4-9-15(10)11-7-5-8-14-12(11)13(16)17/h5,7-8,10H,2-4,6,9H2,1H3,(H,16,17)/t10-/m0/s1. The highest BCUT2D eigenvalue weighted by molar-refractivity contribution is 5.92. The van der Waals surface area contributed by atoms with Crippen molar-refractivity contribution in [2.24, 2.45) is 0 Å². The molecule has 0 bridgehead atoms. The highest BCUT2D eigenvalue weighted by atomic mass is 16.4. The first-order chi connectivity index (χ1) is 8.24. The lowest BCUT2D eigenvalue weighted by atomic mass is 9.99. The Kier molecular flexibility index (Phi) is 3.61. The van der Waals surface area contributed by atoms with Crippen LogP contribution in [0.15, 0.2) is 18.3 Å². The lowest BCUT2D eigenvalue weighted by Gasteiger charge is -2.37. The average Bonchev–Trinajstić information content (AvgIpc) is 2.38. The molecule has 1 saturated heterocycles. The predicted molar refractivity (Wildman–Crippen MR) is 66.5 cm³/mol. The van der Waals surface area contributed by atoms with Crippen LogP contribution < -0.4 is 4.90 Å². The summed E-state index contributed by atoms with van der Waals surface area (Å²) in [5.41, 5.74) is 0.944. The van der Waals surface area contributed by atoms with Gasteiger partial charge in [-0.25, -0.2) is 9.78 Å². The average molecular weight is 234 g/mol. The molecule has 0 saturated carbocycles. The van der Waals surface area contributed by atoms with Crippen LogP contribution in [0.5, 0.6) is 0 Å². The fourth-order valence-corrected chi connectivity index (χ4v) is 2.54. The molecule has 1 aromatic rings. The lowest BCUT2D eigenvalue weighted by molar-refractivity contribution is 0.0691. The molecule has 1 fully saturated rings. The molecule has 92 valence electrons. The SMILES string of the molecule is CC[C@H]1CCCCN1c1cccnc1C(=O)O. The van der Waals surface area contributed by atoms with Crippen LogP contribution in [-0.4, -0.2) is 28.6 Å². The van der Waals surface area contributed by atoms with E-state index in [1.165, 1.54) is 12.6 Å². The number of hydrogen-bond acceptors (Lipinski definition) is 3. The highest BCUT2D eigenvalue weighted by Crippen LogP contribution is 2.28. The molecule has 2 heterocycles. The van der Waals surface area contributed by atoms with Crippen LogP contribution in [0.1, 0.15) is 43.1 Å². The molecule has 0 aromatic carbocycles. The molecule has 4 heteroatoms. The molecule has 0 spiro atoms. The van der Waals surface area contributed by atoms with E-state index in [0.29, 0.717) is 6.04 Å². The maximum absolute atomic E-state index is 11.2. The largest absolute Gasteiger partial charge is 0.476 e. The number of piperidine rings is 1. The van der Waals surface area contributed by atoms with E-state index in [9.17, 15) is 4.79 Å². The van der Waals surface area contributed by atoms with E-state index in [-0.39, 0.29) is 5.69 Å². The van der Waals surface area contributed by atoms with E-state index in [4.69, 9.17) is 5.11 Å². The number of aromatic nitrogens is 1. The van der Waals surface area contributed by atoms with Crippen LogP contribution >= 0.6 is 0 Å². The van der Waals surface area contributed by atoms with Crippen molar-refractivity contribution >= 4 is 11.7 Å². The van der Waals surface area contributed by atoms with Gasteiger partial charge in [0.15, 0.2) is 5.69 Å². The maximum Gasteiger partial charge on any atom is 0.356 e. The number of rotatable bonds is 3. The minimum Gasteiger partial charge on any atom is -0.476 e. The van der Waals surface area contributed by atoms with Gasteiger partial charge in [0.1, 0.15) is 0 Å². The van der Waals surface area contributed by atoms with Gasteiger partial charge in [-0.1, -0.05) is 6.92 Å². The van der Waals surface area contributed by atoms with Gasteiger partial charge >= 0.3 is 5.97 Å². The Bertz CT molecular complexity index is 406. The monoisotopic (exact) mass is 234 g/mol. The van der Waals surface area contributed by atoms with Crippen LogP contribution in [0.3, 0.4) is 0 Å². The molecule has 1 atom stereocenters. The summed E-state index contributed by atoms with van der Waals surface area (Å²) in [4.78, 5) is 17.4. The zero-order valence-corrected chi connectivity index (χ0v) is 10.1. The van der Waals surface area contributed by atoms with E-state index in [0.717, 1.165) is 31.5 Å². The van der Waals surface area contributed by atoms with Crippen molar-refractivity contribution in [1.82, 2.24) is 4.98 Å². The fraction of sp³-hybridized carbons (Fsp3) is 0.538. The van der Waals surface area contributed by atoms with Crippen molar-refractivity contribution in [3.05, 3.63) is 24.0 Å². The van der Waals surface area contributed by atoms with Crippen molar-refractivity contribution in [2.45, 2.75) is 38.6 Å². The molecule has 1 N–H and O–H groups in total. The van der Waals surface area contributed by atoms with Crippen LogP contribution in [0, 0.1) is 0 Å². The third kappa shape index (κ3) is 2.40. The van der Waals surface area contributed by atoms with Gasteiger partial charge in [0.05, 0.1) is 5.69 Å². The van der Waals surface area contributed by atoms with E-state index < -0.39 is 5.97 Å². The van der Waals surface area contributed by atoms with Crippen LogP contribution in [0.25, 0.3) is 0 Å². The molecule has 0 unspecified atom stereocenters. The Labute approximate surface area is 101 Å². The van der Waals surface area contributed by atoms with Crippen molar-refractivity contribution in [2.75, 3.05) is 11.4 Å². The molecule has 1 aliphatic heterocycles. The van der Waals surface area contributed by atoms with Gasteiger partial charge in [-0.05, 0) is 37.8 Å². The number of carboxylic acid groups (broad SMARTS) is 1. The third-order valence-electron chi connectivity index (χ3n) is 3.40. The number of nitrogens with zero attached hydrogens (tertiary/aromatic N) is 2. The van der Waals surface area contributed by atoms with E-state index in [1.54, 1.807) is 0 Å². The molecule has 0 aliphatic carbocycles. The maximum atomic E-state index is 11.2. The smallest absolute Gasteiger partial charge is 0.356 e. The predicted octanol–water partition coefficient (Wildman–Crippen LogP) is 2.55. The summed E-state index contributed by atoms with van der Waals surface area (Å²) in [6.45, 7) is 3.09. The van der Waals surface area contributed by atoms with Gasteiger partial charge < -0.3 is 10.0 Å². The van der Waals surface area contributed by atoms with E-state index in [1.807, 2.05) is 12.1 Å². The molecule has 2 rings (SSSR count). The highest BCUT2D eigenvalue weighted by Gasteiger charge is 2.25. The van der Waals surface area contributed by atoms with Gasteiger partial charge in [0.25, 0.3) is 0 Å². The quantitative estimate of drug-likeness (QED) is 0.873. The molecular formula is C13H18N2O2. The Morgan fingerprint density at radius 3 is 3.12 bits per heavy atom. The van der Waals surface area contributed by atoms with Gasteiger partial charge in [-0.3, -0.25) is 0 Å². The van der Waals surface area contributed by atoms with Crippen molar-refractivity contribution < 1.29 is 9.90 Å². The second-order valence-corrected chi connectivity index (χ2v) is 4.43. The van der Waals surface area contributed by atoms with Crippen molar-refractivity contribution in [3.63, 3.8) is 0 Å².